The zero-order valence-corrected chi connectivity index (χ0v) is 16.4. The first kappa shape index (κ1) is 20.2. The maximum atomic E-state index is 13.7. The number of carbonyl (C=O) groups excluding carboxylic acids is 2. The molecule has 0 saturated carbocycles. The topological polar surface area (TPSA) is 49.4 Å². The minimum absolute atomic E-state index is 0.110. The average molecular weight is 397 g/mol. The number of rotatable bonds is 2. The van der Waals surface area contributed by atoms with Crippen molar-refractivity contribution in [2.75, 3.05) is 0 Å². The van der Waals surface area contributed by atoms with E-state index in [1.807, 2.05) is 0 Å². The second kappa shape index (κ2) is 7.64. The summed E-state index contributed by atoms with van der Waals surface area (Å²) in [5, 5.41) is 1.79. The summed E-state index contributed by atoms with van der Waals surface area (Å²) in [5.41, 5.74) is 2.57. The number of hydrogen-bond acceptors (Lipinski definition) is 2. The number of carbonyl (C=O) groups is 2. The van der Waals surface area contributed by atoms with Crippen LogP contribution < -0.4 is 5.43 Å². The SMILES string of the molecule is Cc1ccc(C(=O)NN(C(=O)c2cc(Cl)cc(Cl)c2)C(C)(C)C)cc1F. The van der Waals surface area contributed by atoms with E-state index in [1.165, 1.54) is 35.3 Å². The summed E-state index contributed by atoms with van der Waals surface area (Å²) >= 11 is 11.9. The smallest absolute Gasteiger partial charge is 0.267 e. The summed E-state index contributed by atoms with van der Waals surface area (Å²) in [4.78, 5) is 25.4. The van der Waals surface area contributed by atoms with Gasteiger partial charge in [0.1, 0.15) is 5.82 Å². The van der Waals surface area contributed by atoms with Crippen LogP contribution in [0.25, 0.3) is 0 Å². The Hall–Kier alpha value is -2.11. The summed E-state index contributed by atoms with van der Waals surface area (Å²) in [6, 6.07) is 8.57. The maximum Gasteiger partial charge on any atom is 0.272 e. The predicted octanol–water partition coefficient (Wildman–Crippen LogP) is 5.03. The first-order valence-electron chi connectivity index (χ1n) is 7.87. The lowest BCUT2D eigenvalue weighted by Crippen LogP contribution is -2.55. The molecule has 0 unspecified atom stereocenters. The summed E-state index contributed by atoms with van der Waals surface area (Å²) in [5.74, 6) is -1.57. The van der Waals surface area contributed by atoms with Gasteiger partial charge in [0.05, 0.1) is 5.54 Å². The Morgan fingerprint density at radius 1 is 1.00 bits per heavy atom. The van der Waals surface area contributed by atoms with Crippen molar-refractivity contribution in [3.8, 4) is 0 Å². The Kier molecular flexibility index (Phi) is 5.94. The largest absolute Gasteiger partial charge is 0.272 e. The lowest BCUT2D eigenvalue weighted by Gasteiger charge is -2.35. The number of nitrogens with zero attached hydrogens (tertiary/aromatic N) is 1. The molecule has 0 saturated heterocycles. The Morgan fingerprint density at radius 2 is 1.58 bits per heavy atom. The summed E-state index contributed by atoms with van der Waals surface area (Å²) in [6.45, 7) is 6.87. The number of aryl methyl sites for hydroxylation is 1. The van der Waals surface area contributed by atoms with Gasteiger partial charge in [-0.2, -0.15) is 0 Å². The van der Waals surface area contributed by atoms with Crippen LogP contribution in [0.15, 0.2) is 36.4 Å². The number of nitrogens with one attached hydrogen (secondary N) is 1. The van der Waals surface area contributed by atoms with E-state index in [0.29, 0.717) is 15.6 Å². The molecule has 0 aromatic heterocycles. The highest BCUT2D eigenvalue weighted by Gasteiger charge is 2.30. The van der Waals surface area contributed by atoms with Gasteiger partial charge in [-0.3, -0.25) is 15.0 Å². The third-order valence-corrected chi connectivity index (χ3v) is 4.07. The number of hydrogen-bond donors (Lipinski definition) is 1. The Labute approximate surface area is 161 Å². The summed E-state index contributed by atoms with van der Waals surface area (Å²) < 4.78 is 13.7. The van der Waals surface area contributed by atoms with Gasteiger partial charge in [0.25, 0.3) is 11.8 Å². The number of amides is 2. The van der Waals surface area contributed by atoms with Crippen molar-refractivity contribution in [1.29, 1.82) is 0 Å². The molecule has 2 aromatic carbocycles. The molecule has 0 bridgehead atoms. The lowest BCUT2D eigenvalue weighted by atomic mass is 10.1. The van der Waals surface area contributed by atoms with Crippen molar-refractivity contribution >= 4 is 35.0 Å². The Morgan fingerprint density at radius 3 is 2.08 bits per heavy atom. The van der Waals surface area contributed by atoms with Crippen LogP contribution in [-0.2, 0) is 0 Å². The molecule has 4 nitrogen and oxygen atoms in total. The minimum Gasteiger partial charge on any atom is -0.267 e. The third kappa shape index (κ3) is 4.74. The molecule has 0 heterocycles. The molecule has 0 fully saturated rings. The molecule has 138 valence electrons. The fraction of sp³-hybridized carbons (Fsp3) is 0.263. The molecule has 2 aromatic rings. The summed E-state index contributed by atoms with van der Waals surface area (Å²) in [7, 11) is 0. The van der Waals surface area contributed by atoms with Gasteiger partial charge in [0.2, 0.25) is 0 Å². The lowest BCUT2D eigenvalue weighted by molar-refractivity contribution is 0.0358. The van der Waals surface area contributed by atoms with Crippen molar-refractivity contribution in [3.63, 3.8) is 0 Å². The maximum absolute atomic E-state index is 13.7. The number of halogens is 3. The summed E-state index contributed by atoms with van der Waals surface area (Å²) in [6.07, 6.45) is 0. The fourth-order valence-corrected chi connectivity index (χ4v) is 2.76. The second-order valence-corrected chi connectivity index (χ2v) is 7.75. The van der Waals surface area contributed by atoms with Crippen LogP contribution in [0, 0.1) is 12.7 Å². The van der Waals surface area contributed by atoms with Crippen LogP contribution in [0.5, 0.6) is 0 Å². The van der Waals surface area contributed by atoms with E-state index >= 15 is 0 Å². The highest BCUT2D eigenvalue weighted by Crippen LogP contribution is 2.22. The van der Waals surface area contributed by atoms with E-state index < -0.39 is 23.2 Å². The molecule has 0 atom stereocenters. The molecule has 0 aliphatic heterocycles. The third-order valence-electron chi connectivity index (χ3n) is 3.63. The van der Waals surface area contributed by atoms with Gasteiger partial charge < -0.3 is 0 Å². The highest BCUT2D eigenvalue weighted by molar-refractivity contribution is 6.35. The first-order chi connectivity index (χ1) is 12.0. The van der Waals surface area contributed by atoms with Gasteiger partial charge in [0, 0.05) is 21.2 Å². The number of hydrazine groups is 1. The van der Waals surface area contributed by atoms with Crippen molar-refractivity contribution in [2.45, 2.75) is 33.2 Å². The van der Waals surface area contributed by atoms with Gasteiger partial charge in [-0.05, 0) is 63.6 Å². The fourth-order valence-electron chi connectivity index (χ4n) is 2.23. The van der Waals surface area contributed by atoms with Crippen LogP contribution in [0.4, 0.5) is 4.39 Å². The second-order valence-electron chi connectivity index (χ2n) is 6.87. The molecule has 1 N–H and O–H groups in total. The molecule has 0 spiro atoms. The standard InChI is InChI=1S/C19H19Cl2FN2O2/c1-11-5-6-12(9-16(11)22)17(25)23-24(19(2,3)4)18(26)13-7-14(20)10-15(21)8-13/h5-10H,1-4H3,(H,23,25). The minimum atomic E-state index is -0.745. The van der Waals surface area contributed by atoms with E-state index in [-0.39, 0.29) is 11.1 Å². The Balaban J connectivity index is 2.34. The van der Waals surface area contributed by atoms with Crippen LogP contribution in [0.3, 0.4) is 0 Å². The average Bonchev–Trinajstić information content (AvgIpc) is 2.52. The van der Waals surface area contributed by atoms with E-state index in [9.17, 15) is 14.0 Å². The molecule has 2 amide bonds. The molecule has 7 heteroatoms. The van der Waals surface area contributed by atoms with Gasteiger partial charge >= 0.3 is 0 Å². The zero-order valence-electron chi connectivity index (χ0n) is 14.9. The molecule has 0 radical (unpaired) electrons. The first-order valence-corrected chi connectivity index (χ1v) is 8.62. The molecular formula is C19H19Cl2FN2O2. The Bertz CT molecular complexity index is 843. The molecular weight excluding hydrogens is 378 g/mol. The van der Waals surface area contributed by atoms with Gasteiger partial charge in [-0.15, -0.1) is 0 Å². The van der Waals surface area contributed by atoms with Crippen LogP contribution in [-0.4, -0.2) is 22.4 Å². The molecule has 0 aliphatic carbocycles. The van der Waals surface area contributed by atoms with Gasteiger partial charge in [-0.25, -0.2) is 9.40 Å². The van der Waals surface area contributed by atoms with E-state index in [2.05, 4.69) is 5.43 Å². The zero-order chi connectivity index (χ0) is 19.6. The van der Waals surface area contributed by atoms with E-state index in [4.69, 9.17) is 23.2 Å². The monoisotopic (exact) mass is 396 g/mol. The van der Waals surface area contributed by atoms with Crippen molar-refractivity contribution < 1.29 is 14.0 Å². The quantitative estimate of drug-likeness (QED) is 0.723. The molecule has 26 heavy (non-hydrogen) atoms. The highest BCUT2D eigenvalue weighted by atomic mass is 35.5. The molecule has 0 aliphatic rings. The van der Waals surface area contributed by atoms with Crippen molar-refractivity contribution in [3.05, 3.63) is 69.0 Å². The van der Waals surface area contributed by atoms with Crippen LogP contribution in [0.1, 0.15) is 47.1 Å². The number of benzene rings is 2. The van der Waals surface area contributed by atoms with E-state index in [0.717, 1.165) is 6.07 Å². The van der Waals surface area contributed by atoms with Gasteiger partial charge in [0.15, 0.2) is 0 Å². The normalized spacial score (nSPS) is 11.2. The van der Waals surface area contributed by atoms with E-state index in [1.54, 1.807) is 27.7 Å². The van der Waals surface area contributed by atoms with Crippen LogP contribution in [0.2, 0.25) is 10.0 Å². The van der Waals surface area contributed by atoms with Gasteiger partial charge in [-0.1, -0.05) is 29.3 Å². The van der Waals surface area contributed by atoms with Crippen molar-refractivity contribution in [1.82, 2.24) is 10.4 Å². The van der Waals surface area contributed by atoms with Crippen molar-refractivity contribution in [2.24, 2.45) is 0 Å². The van der Waals surface area contributed by atoms with Crippen LogP contribution >= 0.6 is 23.2 Å². The molecule has 2 rings (SSSR count). The predicted molar refractivity (Wildman–Crippen MR) is 101 cm³/mol.